The highest BCUT2D eigenvalue weighted by Crippen LogP contribution is 2.36. The molecule has 0 spiro atoms. The largest absolute Gasteiger partial charge is 0.395 e. The summed E-state index contributed by atoms with van der Waals surface area (Å²) in [4.78, 5) is 37.5. The van der Waals surface area contributed by atoms with E-state index in [0.717, 1.165) is 5.69 Å². The summed E-state index contributed by atoms with van der Waals surface area (Å²) in [6.45, 7) is 3.49. The number of carbonyl (C=O) groups excluding carboxylic acids is 3. The van der Waals surface area contributed by atoms with Crippen LogP contribution in [0.1, 0.15) is 25.5 Å². The van der Waals surface area contributed by atoms with Gasteiger partial charge >= 0.3 is 11.8 Å². The van der Waals surface area contributed by atoms with Crippen molar-refractivity contribution in [1.82, 2.24) is 10.6 Å². The average Bonchev–Trinajstić information content (AvgIpc) is 2.77. The number of rotatable bonds is 4. The van der Waals surface area contributed by atoms with Crippen LogP contribution >= 0.6 is 0 Å². The predicted molar refractivity (Wildman–Crippen MR) is 80.0 cm³/mol. The number of benzene rings is 1. The van der Waals surface area contributed by atoms with Crippen LogP contribution in [0.15, 0.2) is 24.3 Å². The molecule has 3 N–H and O–H groups in total. The van der Waals surface area contributed by atoms with Gasteiger partial charge in [0.15, 0.2) is 0 Å². The number of nitrogens with one attached hydrogen (secondary N) is 2. The van der Waals surface area contributed by atoms with E-state index in [1.807, 2.05) is 26.0 Å². The van der Waals surface area contributed by atoms with Crippen LogP contribution in [0, 0.1) is 0 Å². The number of amides is 3. The molecule has 1 atom stereocenters. The highest BCUT2D eigenvalue weighted by Gasteiger charge is 2.39. The molecule has 1 heterocycles. The molecule has 1 aliphatic rings. The quantitative estimate of drug-likeness (QED) is 0.666. The van der Waals surface area contributed by atoms with E-state index in [4.69, 9.17) is 5.11 Å². The number of para-hydroxylation sites is 1. The second-order valence-corrected chi connectivity index (χ2v) is 5.25. The van der Waals surface area contributed by atoms with Crippen molar-refractivity contribution < 1.29 is 19.5 Å². The van der Waals surface area contributed by atoms with Crippen LogP contribution in [0.25, 0.3) is 0 Å². The number of aliphatic hydroxyl groups is 1. The Hall–Kier alpha value is -2.41. The molecule has 0 aromatic heterocycles. The molecule has 0 radical (unpaired) electrons. The summed E-state index contributed by atoms with van der Waals surface area (Å²) in [6.07, 6.45) is 0. The molecule has 0 unspecified atom stereocenters. The van der Waals surface area contributed by atoms with E-state index >= 15 is 0 Å². The molecule has 0 saturated heterocycles. The van der Waals surface area contributed by atoms with Crippen LogP contribution in [0.4, 0.5) is 5.69 Å². The first kappa shape index (κ1) is 16.0. The normalized spacial score (nSPS) is 16.6. The molecular formula is C15H19N3O4. The second kappa shape index (κ2) is 6.57. The van der Waals surface area contributed by atoms with E-state index in [-0.39, 0.29) is 25.1 Å². The Morgan fingerprint density at radius 2 is 1.95 bits per heavy atom. The van der Waals surface area contributed by atoms with Gasteiger partial charge in [-0.15, -0.1) is 0 Å². The van der Waals surface area contributed by atoms with Gasteiger partial charge in [-0.05, 0) is 19.9 Å². The summed E-state index contributed by atoms with van der Waals surface area (Å²) in [5, 5.41) is 13.3. The fourth-order valence-electron chi connectivity index (χ4n) is 2.46. The van der Waals surface area contributed by atoms with Gasteiger partial charge in [0.1, 0.15) is 6.04 Å². The smallest absolute Gasteiger partial charge is 0.310 e. The van der Waals surface area contributed by atoms with Crippen molar-refractivity contribution in [3.8, 4) is 0 Å². The zero-order chi connectivity index (χ0) is 16.3. The van der Waals surface area contributed by atoms with E-state index < -0.39 is 17.9 Å². The van der Waals surface area contributed by atoms with Gasteiger partial charge in [0.05, 0.1) is 6.61 Å². The van der Waals surface area contributed by atoms with Gasteiger partial charge in [0.25, 0.3) is 5.91 Å². The van der Waals surface area contributed by atoms with Gasteiger partial charge in [-0.2, -0.15) is 0 Å². The van der Waals surface area contributed by atoms with Crippen LogP contribution in [0.2, 0.25) is 0 Å². The summed E-state index contributed by atoms with van der Waals surface area (Å²) in [6, 6.07) is 6.24. The summed E-state index contributed by atoms with van der Waals surface area (Å²) >= 11 is 0. The molecule has 1 aliphatic heterocycles. The molecule has 0 aliphatic carbocycles. The van der Waals surface area contributed by atoms with E-state index in [1.54, 1.807) is 17.0 Å². The highest BCUT2D eigenvalue weighted by molar-refractivity contribution is 6.35. The topological polar surface area (TPSA) is 98.7 Å². The van der Waals surface area contributed by atoms with Crippen molar-refractivity contribution in [2.45, 2.75) is 25.9 Å². The minimum atomic E-state index is -0.896. The van der Waals surface area contributed by atoms with E-state index in [2.05, 4.69) is 10.6 Å². The SMILES string of the molecule is CC(C)N1C(=O)[C@@H](NC(=O)C(=O)NCCO)c2ccccc21. The molecule has 0 saturated carbocycles. The van der Waals surface area contributed by atoms with E-state index in [0.29, 0.717) is 5.56 Å². The summed E-state index contributed by atoms with van der Waals surface area (Å²) < 4.78 is 0. The Labute approximate surface area is 128 Å². The van der Waals surface area contributed by atoms with Crippen LogP contribution < -0.4 is 15.5 Å². The maximum atomic E-state index is 12.5. The predicted octanol–water partition coefficient (Wildman–Crippen LogP) is -0.293. The number of hydrogen-bond acceptors (Lipinski definition) is 4. The number of carbonyl (C=O) groups is 3. The van der Waals surface area contributed by atoms with Crippen molar-refractivity contribution in [3.05, 3.63) is 29.8 Å². The Balaban J connectivity index is 2.20. The fraction of sp³-hybridized carbons (Fsp3) is 0.400. The van der Waals surface area contributed by atoms with Crippen molar-refractivity contribution in [2.24, 2.45) is 0 Å². The van der Waals surface area contributed by atoms with Crippen LogP contribution in [-0.4, -0.2) is 42.0 Å². The lowest BCUT2D eigenvalue weighted by Crippen LogP contribution is -2.46. The Morgan fingerprint density at radius 3 is 2.59 bits per heavy atom. The third-order valence-electron chi connectivity index (χ3n) is 3.39. The molecule has 1 aromatic rings. The molecule has 7 nitrogen and oxygen atoms in total. The zero-order valence-electron chi connectivity index (χ0n) is 12.5. The first-order valence-corrected chi connectivity index (χ1v) is 7.09. The lowest BCUT2D eigenvalue weighted by atomic mass is 10.1. The molecular weight excluding hydrogens is 286 g/mol. The third-order valence-corrected chi connectivity index (χ3v) is 3.39. The first-order chi connectivity index (χ1) is 10.5. The molecule has 7 heteroatoms. The third kappa shape index (κ3) is 2.94. The number of nitrogens with zero attached hydrogens (tertiary/aromatic N) is 1. The Morgan fingerprint density at radius 1 is 1.27 bits per heavy atom. The van der Waals surface area contributed by atoms with Gasteiger partial charge in [0, 0.05) is 23.8 Å². The van der Waals surface area contributed by atoms with Crippen LogP contribution in [0.5, 0.6) is 0 Å². The summed E-state index contributed by atoms with van der Waals surface area (Å²) in [5.41, 5.74) is 1.41. The molecule has 0 fully saturated rings. The molecule has 118 valence electrons. The Bertz CT molecular complexity index is 600. The lowest BCUT2D eigenvalue weighted by Gasteiger charge is -2.22. The average molecular weight is 305 g/mol. The minimum absolute atomic E-state index is 0.0143. The van der Waals surface area contributed by atoms with Gasteiger partial charge in [-0.25, -0.2) is 0 Å². The first-order valence-electron chi connectivity index (χ1n) is 7.09. The van der Waals surface area contributed by atoms with Crippen molar-refractivity contribution in [2.75, 3.05) is 18.1 Å². The second-order valence-electron chi connectivity index (χ2n) is 5.25. The molecule has 22 heavy (non-hydrogen) atoms. The lowest BCUT2D eigenvalue weighted by molar-refractivity contribution is -0.140. The summed E-state index contributed by atoms with van der Waals surface area (Å²) in [5.74, 6) is -2.03. The number of aliphatic hydroxyl groups excluding tert-OH is 1. The molecule has 1 aromatic carbocycles. The summed E-state index contributed by atoms with van der Waals surface area (Å²) in [7, 11) is 0. The van der Waals surface area contributed by atoms with E-state index in [9.17, 15) is 14.4 Å². The molecule has 2 rings (SSSR count). The monoisotopic (exact) mass is 305 g/mol. The maximum Gasteiger partial charge on any atom is 0.310 e. The van der Waals surface area contributed by atoms with Crippen molar-refractivity contribution in [3.63, 3.8) is 0 Å². The fourth-order valence-corrected chi connectivity index (χ4v) is 2.46. The van der Waals surface area contributed by atoms with Gasteiger partial charge in [-0.1, -0.05) is 18.2 Å². The molecule has 3 amide bonds. The Kier molecular flexibility index (Phi) is 4.77. The van der Waals surface area contributed by atoms with Gasteiger partial charge in [-0.3, -0.25) is 14.4 Å². The minimum Gasteiger partial charge on any atom is -0.395 e. The van der Waals surface area contributed by atoms with Gasteiger partial charge < -0.3 is 20.6 Å². The highest BCUT2D eigenvalue weighted by atomic mass is 16.3. The number of hydrogen-bond donors (Lipinski definition) is 3. The standard InChI is InChI=1S/C15H19N3O4/c1-9(2)18-11-6-4-3-5-10(11)12(15(18)22)17-14(21)13(20)16-7-8-19/h3-6,9,12,19H,7-8H2,1-2H3,(H,16,20)(H,17,21)/t12-/m0/s1. The van der Waals surface area contributed by atoms with Crippen LogP contribution in [-0.2, 0) is 14.4 Å². The number of anilines is 1. The van der Waals surface area contributed by atoms with Crippen LogP contribution in [0.3, 0.4) is 0 Å². The van der Waals surface area contributed by atoms with E-state index in [1.165, 1.54) is 0 Å². The maximum absolute atomic E-state index is 12.5. The van der Waals surface area contributed by atoms with Crippen molar-refractivity contribution >= 4 is 23.4 Å². The van der Waals surface area contributed by atoms with Gasteiger partial charge in [0.2, 0.25) is 0 Å². The molecule has 0 bridgehead atoms. The number of fused-ring (bicyclic) bond motifs is 1. The van der Waals surface area contributed by atoms with Crippen molar-refractivity contribution in [1.29, 1.82) is 0 Å². The zero-order valence-corrected chi connectivity index (χ0v) is 12.5.